The summed E-state index contributed by atoms with van der Waals surface area (Å²) in [6, 6.07) is 15.5. The van der Waals surface area contributed by atoms with E-state index in [1.807, 2.05) is 48.5 Å². The average Bonchev–Trinajstić information content (AvgIpc) is 2.29. The molecule has 0 aliphatic carbocycles. The third-order valence-corrected chi connectivity index (χ3v) is 2.66. The molecule has 2 aromatic rings. The Bertz CT molecular complexity index is 485. The monoisotopic (exact) mass is 277 g/mol. The highest BCUT2D eigenvalue weighted by molar-refractivity contribution is 9.10. The van der Waals surface area contributed by atoms with Crippen LogP contribution in [-0.4, -0.2) is 0 Å². The van der Waals surface area contributed by atoms with Crippen molar-refractivity contribution in [3.05, 3.63) is 58.6 Å². The van der Waals surface area contributed by atoms with Gasteiger partial charge in [-0.25, -0.2) is 0 Å². The highest BCUT2D eigenvalue weighted by atomic mass is 79.9. The van der Waals surface area contributed by atoms with E-state index in [2.05, 4.69) is 15.9 Å². The van der Waals surface area contributed by atoms with Crippen LogP contribution in [0.4, 0.5) is 0 Å². The molecule has 3 heteroatoms. The fourth-order valence-corrected chi connectivity index (χ4v) is 1.78. The zero-order chi connectivity index (χ0) is 11.4. The lowest BCUT2D eigenvalue weighted by Crippen LogP contribution is -1.96. The molecule has 0 aromatic heterocycles. The zero-order valence-corrected chi connectivity index (χ0v) is 10.3. The van der Waals surface area contributed by atoms with Gasteiger partial charge in [-0.05, 0) is 35.9 Å². The number of ether oxygens (including phenoxy) is 1. The Balaban J connectivity index is 2.20. The fourth-order valence-electron chi connectivity index (χ4n) is 1.40. The van der Waals surface area contributed by atoms with Gasteiger partial charge in [-0.15, -0.1) is 0 Å². The predicted octanol–water partition coefficient (Wildman–Crippen LogP) is 3.70. The lowest BCUT2D eigenvalue weighted by Gasteiger charge is -2.07. The van der Waals surface area contributed by atoms with E-state index in [9.17, 15) is 0 Å². The van der Waals surface area contributed by atoms with Crippen molar-refractivity contribution in [2.75, 3.05) is 0 Å². The maximum absolute atomic E-state index is 5.72. The van der Waals surface area contributed by atoms with E-state index in [-0.39, 0.29) is 0 Å². The van der Waals surface area contributed by atoms with E-state index in [1.54, 1.807) is 0 Å². The van der Waals surface area contributed by atoms with Crippen LogP contribution in [0.1, 0.15) is 5.56 Å². The largest absolute Gasteiger partial charge is 0.457 e. The van der Waals surface area contributed by atoms with Gasteiger partial charge in [-0.1, -0.05) is 34.1 Å². The molecule has 0 spiro atoms. The van der Waals surface area contributed by atoms with Crippen LogP contribution in [0.2, 0.25) is 0 Å². The van der Waals surface area contributed by atoms with E-state index in [0.717, 1.165) is 21.5 Å². The van der Waals surface area contributed by atoms with Crippen LogP contribution >= 0.6 is 15.9 Å². The van der Waals surface area contributed by atoms with Crippen molar-refractivity contribution in [1.29, 1.82) is 0 Å². The molecule has 2 rings (SSSR count). The molecule has 0 amide bonds. The molecular formula is C13H12BrNO. The molecule has 0 radical (unpaired) electrons. The summed E-state index contributed by atoms with van der Waals surface area (Å²) in [6.45, 7) is 0.523. The molecule has 0 saturated carbocycles. The summed E-state index contributed by atoms with van der Waals surface area (Å²) < 4.78 is 6.72. The number of nitrogens with two attached hydrogens (primary N) is 1. The summed E-state index contributed by atoms with van der Waals surface area (Å²) >= 11 is 3.40. The first-order chi connectivity index (χ1) is 7.78. The van der Waals surface area contributed by atoms with E-state index < -0.39 is 0 Å². The van der Waals surface area contributed by atoms with Gasteiger partial charge in [0.15, 0.2) is 0 Å². The lowest BCUT2D eigenvalue weighted by atomic mass is 10.2. The van der Waals surface area contributed by atoms with Gasteiger partial charge in [-0.2, -0.15) is 0 Å². The van der Waals surface area contributed by atoms with Crippen molar-refractivity contribution in [1.82, 2.24) is 0 Å². The van der Waals surface area contributed by atoms with Crippen molar-refractivity contribution in [2.45, 2.75) is 6.54 Å². The molecule has 0 aliphatic rings. The van der Waals surface area contributed by atoms with Crippen molar-refractivity contribution in [3.8, 4) is 11.5 Å². The standard InChI is InChI=1S/C13H12BrNO/c14-11-4-2-6-13(8-11)16-12-5-1-3-10(7-12)9-15/h1-8H,9,15H2. The van der Waals surface area contributed by atoms with Gasteiger partial charge in [0.1, 0.15) is 11.5 Å². The minimum atomic E-state index is 0.523. The highest BCUT2D eigenvalue weighted by Gasteiger charge is 1.98. The highest BCUT2D eigenvalue weighted by Crippen LogP contribution is 2.24. The molecule has 0 fully saturated rings. The van der Waals surface area contributed by atoms with E-state index in [0.29, 0.717) is 6.54 Å². The number of benzene rings is 2. The van der Waals surface area contributed by atoms with Gasteiger partial charge in [0, 0.05) is 11.0 Å². The number of hydrogen-bond donors (Lipinski definition) is 1. The van der Waals surface area contributed by atoms with Crippen LogP contribution in [0.25, 0.3) is 0 Å². The Morgan fingerprint density at radius 2 is 1.69 bits per heavy atom. The topological polar surface area (TPSA) is 35.2 Å². The van der Waals surface area contributed by atoms with Crippen molar-refractivity contribution < 1.29 is 4.74 Å². The van der Waals surface area contributed by atoms with Gasteiger partial charge in [0.2, 0.25) is 0 Å². The Morgan fingerprint density at radius 1 is 1.00 bits per heavy atom. The molecule has 2 nitrogen and oxygen atoms in total. The molecule has 16 heavy (non-hydrogen) atoms. The van der Waals surface area contributed by atoms with E-state index in [4.69, 9.17) is 10.5 Å². The summed E-state index contributed by atoms with van der Waals surface area (Å²) in [7, 11) is 0. The molecular weight excluding hydrogens is 266 g/mol. The van der Waals surface area contributed by atoms with Crippen LogP contribution < -0.4 is 10.5 Å². The minimum Gasteiger partial charge on any atom is -0.457 e. The SMILES string of the molecule is NCc1cccc(Oc2cccc(Br)c2)c1. The Kier molecular flexibility index (Phi) is 3.59. The quantitative estimate of drug-likeness (QED) is 0.929. The van der Waals surface area contributed by atoms with Crippen molar-refractivity contribution in [2.24, 2.45) is 5.73 Å². The molecule has 0 atom stereocenters. The maximum atomic E-state index is 5.72. The average molecular weight is 278 g/mol. The smallest absolute Gasteiger partial charge is 0.128 e. The van der Waals surface area contributed by atoms with Gasteiger partial charge in [0.25, 0.3) is 0 Å². The van der Waals surface area contributed by atoms with Gasteiger partial charge in [-0.3, -0.25) is 0 Å². The molecule has 0 aliphatic heterocycles. The van der Waals surface area contributed by atoms with Crippen LogP contribution in [-0.2, 0) is 6.54 Å². The Hall–Kier alpha value is -1.32. The van der Waals surface area contributed by atoms with Crippen LogP contribution in [0.5, 0.6) is 11.5 Å². The van der Waals surface area contributed by atoms with Crippen LogP contribution in [0.3, 0.4) is 0 Å². The van der Waals surface area contributed by atoms with E-state index >= 15 is 0 Å². The number of hydrogen-bond acceptors (Lipinski definition) is 2. The molecule has 2 N–H and O–H groups in total. The summed E-state index contributed by atoms with van der Waals surface area (Å²) in [4.78, 5) is 0. The number of halogens is 1. The second kappa shape index (κ2) is 5.14. The minimum absolute atomic E-state index is 0.523. The first kappa shape index (κ1) is 11.2. The maximum Gasteiger partial charge on any atom is 0.128 e. The Morgan fingerprint density at radius 3 is 2.38 bits per heavy atom. The molecule has 0 heterocycles. The molecule has 0 unspecified atom stereocenters. The third-order valence-electron chi connectivity index (χ3n) is 2.17. The normalized spacial score (nSPS) is 10.1. The molecule has 82 valence electrons. The van der Waals surface area contributed by atoms with Gasteiger partial charge < -0.3 is 10.5 Å². The summed E-state index contributed by atoms with van der Waals surface area (Å²) in [5.74, 6) is 1.62. The summed E-state index contributed by atoms with van der Waals surface area (Å²) in [5.41, 5.74) is 6.64. The third kappa shape index (κ3) is 2.84. The first-order valence-electron chi connectivity index (χ1n) is 5.00. The number of rotatable bonds is 3. The van der Waals surface area contributed by atoms with Crippen molar-refractivity contribution >= 4 is 15.9 Å². The first-order valence-corrected chi connectivity index (χ1v) is 5.79. The zero-order valence-electron chi connectivity index (χ0n) is 8.69. The fraction of sp³-hybridized carbons (Fsp3) is 0.0769. The van der Waals surface area contributed by atoms with E-state index in [1.165, 1.54) is 0 Å². The van der Waals surface area contributed by atoms with Gasteiger partial charge >= 0.3 is 0 Å². The molecule has 0 bridgehead atoms. The second-order valence-electron chi connectivity index (χ2n) is 3.41. The van der Waals surface area contributed by atoms with Gasteiger partial charge in [0.05, 0.1) is 0 Å². The molecule has 2 aromatic carbocycles. The molecule has 0 saturated heterocycles. The van der Waals surface area contributed by atoms with Crippen molar-refractivity contribution in [3.63, 3.8) is 0 Å². The second-order valence-corrected chi connectivity index (χ2v) is 4.33. The van der Waals surface area contributed by atoms with Crippen LogP contribution in [0, 0.1) is 0 Å². The predicted molar refractivity (Wildman–Crippen MR) is 68.5 cm³/mol. The Labute approximate surface area is 103 Å². The van der Waals surface area contributed by atoms with Crippen LogP contribution in [0.15, 0.2) is 53.0 Å². The summed E-state index contributed by atoms with van der Waals surface area (Å²) in [5, 5.41) is 0. The lowest BCUT2D eigenvalue weighted by molar-refractivity contribution is 0.481. The summed E-state index contributed by atoms with van der Waals surface area (Å²) in [6.07, 6.45) is 0.